The van der Waals surface area contributed by atoms with Gasteiger partial charge in [-0.05, 0) is 66.0 Å². The molecule has 2 aliphatic rings. The molecule has 5 heteroatoms. The van der Waals surface area contributed by atoms with Crippen molar-refractivity contribution in [1.29, 1.82) is 0 Å². The predicted molar refractivity (Wildman–Crippen MR) is 104 cm³/mol. The van der Waals surface area contributed by atoms with Gasteiger partial charge in [0.25, 0.3) is 5.91 Å². The van der Waals surface area contributed by atoms with Crippen LogP contribution >= 0.6 is 0 Å². The Kier molecular flexibility index (Phi) is 6.44. The maximum atomic E-state index is 13.3. The first-order chi connectivity index (χ1) is 11.8. The third-order valence-electron chi connectivity index (χ3n) is 5.41. The van der Waals surface area contributed by atoms with Crippen molar-refractivity contribution < 1.29 is 4.79 Å². The first kappa shape index (κ1) is 19.7. The average molecular weight is 347 g/mol. The molecule has 0 aliphatic heterocycles. The molecular formula is C20H34N4O. The van der Waals surface area contributed by atoms with E-state index in [9.17, 15) is 4.79 Å². The van der Waals surface area contributed by atoms with Gasteiger partial charge in [0, 0.05) is 36.3 Å². The van der Waals surface area contributed by atoms with Crippen molar-refractivity contribution in [3.63, 3.8) is 0 Å². The molecule has 0 heterocycles. The summed E-state index contributed by atoms with van der Waals surface area (Å²) in [6.45, 7) is 13.7. The molecule has 2 saturated carbocycles. The van der Waals surface area contributed by atoms with Crippen LogP contribution in [0.25, 0.3) is 0 Å². The Morgan fingerprint density at radius 1 is 1.32 bits per heavy atom. The Balaban J connectivity index is 2.26. The standard InChI is InChI=1S/C20H34N4O/c1-14(2)17(15(3)18(22-5)23-20(4)9-10-20)19(25)24(12-11-21)13-16-7-6-8-16/h16,23H,5-13,21H2,1-4H3/b18-15-. The van der Waals surface area contributed by atoms with Crippen LogP contribution in [-0.2, 0) is 4.79 Å². The van der Waals surface area contributed by atoms with E-state index in [-0.39, 0.29) is 11.4 Å². The van der Waals surface area contributed by atoms with Crippen molar-refractivity contribution in [2.24, 2.45) is 16.6 Å². The van der Waals surface area contributed by atoms with Gasteiger partial charge in [0.05, 0.1) is 0 Å². The topological polar surface area (TPSA) is 70.7 Å². The Bertz CT molecular complexity index is 579. The van der Waals surface area contributed by atoms with Crippen LogP contribution in [-0.4, -0.2) is 42.7 Å². The predicted octanol–water partition coefficient (Wildman–Crippen LogP) is 2.98. The Labute approximate surface area is 152 Å². The van der Waals surface area contributed by atoms with Gasteiger partial charge in [0.2, 0.25) is 0 Å². The van der Waals surface area contributed by atoms with E-state index in [0.29, 0.717) is 19.0 Å². The van der Waals surface area contributed by atoms with E-state index in [1.54, 1.807) is 0 Å². The van der Waals surface area contributed by atoms with E-state index >= 15 is 0 Å². The molecule has 3 N–H and O–H groups in total. The highest BCUT2D eigenvalue weighted by atomic mass is 16.2. The molecule has 0 aromatic rings. The van der Waals surface area contributed by atoms with Crippen molar-refractivity contribution in [2.75, 3.05) is 19.6 Å². The zero-order chi connectivity index (χ0) is 18.6. The van der Waals surface area contributed by atoms with Crippen LogP contribution in [0, 0.1) is 5.92 Å². The van der Waals surface area contributed by atoms with E-state index in [0.717, 1.165) is 41.9 Å². The molecule has 0 spiro atoms. The van der Waals surface area contributed by atoms with Gasteiger partial charge in [-0.25, -0.2) is 4.99 Å². The maximum absolute atomic E-state index is 13.3. The number of hydrogen-bond acceptors (Lipinski definition) is 4. The van der Waals surface area contributed by atoms with Crippen molar-refractivity contribution in [3.8, 4) is 0 Å². The molecule has 1 amide bonds. The number of carbonyl (C=O) groups excluding carboxylic acids is 1. The van der Waals surface area contributed by atoms with E-state index in [2.05, 4.69) is 24.0 Å². The summed E-state index contributed by atoms with van der Waals surface area (Å²) in [6, 6.07) is 0. The minimum Gasteiger partial charge on any atom is -0.365 e. The van der Waals surface area contributed by atoms with Gasteiger partial charge in [0.1, 0.15) is 5.82 Å². The molecule has 0 atom stereocenters. The highest BCUT2D eigenvalue weighted by molar-refractivity contribution is 5.98. The van der Waals surface area contributed by atoms with E-state index in [1.807, 2.05) is 25.7 Å². The van der Waals surface area contributed by atoms with Crippen molar-refractivity contribution in [2.45, 2.75) is 65.3 Å². The maximum Gasteiger partial charge on any atom is 0.254 e. The summed E-state index contributed by atoms with van der Waals surface area (Å²) in [6.07, 6.45) is 5.95. The lowest BCUT2D eigenvalue weighted by Crippen LogP contribution is -2.41. The minimum atomic E-state index is 0.0683. The molecule has 5 nitrogen and oxygen atoms in total. The Morgan fingerprint density at radius 3 is 2.36 bits per heavy atom. The third kappa shape index (κ3) is 4.94. The van der Waals surface area contributed by atoms with Gasteiger partial charge < -0.3 is 16.0 Å². The largest absolute Gasteiger partial charge is 0.365 e. The zero-order valence-electron chi connectivity index (χ0n) is 16.3. The Hall–Kier alpha value is -1.62. The van der Waals surface area contributed by atoms with Crippen LogP contribution in [0.1, 0.15) is 59.8 Å². The van der Waals surface area contributed by atoms with Gasteiger partial charge in [-0.3, -0.25) is 4.79 Å². The number of carbonyl (C=O) groups is 1. The molecule has 0 bridgehead atoms. The van der Waals surface area contributed by atoms with Crippen molar-refractivity contribution in [3.05, 3.63) is 22.5 Å². The summed E-state index contributed by atoms with van der Waals surface area (Å²) in [4.78, 5) is 19.4. The molecule has 25 heavy (non-hydrogen) atoms. The fraction of sp³-hybridized carbons (Fsp3) is 0.700. The third-order valence-corrected chi connectivity index (χ3v) is 5.41. The molecule has 2 rings (SSSR count). The number of hydrogen-bond donors (Lipinski definition) is 2. The van der Waals surface area contributed by atoms with Gasteiger partial charge in [0.15, 0.2) is 0 Å². The normalized spacial score (nSPS) is 19.4. The molecule has 2 aliphatic carbocycles. The van der Waals surface area contributed by atoms with Gasteiger partial charge in [-0.15, -0.1) is 0 Å². The highest BCUT2D eigenvalue weighted by Crippen LogP contribution is 2.36. The van der Waals surface area contributed by atoms with Gasteiger partial charge >= 0.3 is 0 Å². The molecule has 0 saturated heterocycles. The fourth-order valence-electron chi connectivity index (χ4n) is 3.29. The number of aliphatic imine (C=N–C) groups is 1. The SMILES string of the molecule is C=N/C(NC1(C)CC1)=C(\C)C(C(=O)N(CCN)CC1CCC1)=C(C)C. The quantitative estimate of drug-likeness (QED) is 0.383. The zero-order valence-corrected chi connectivity index (χ0v) is 16.3. The first-order valence-electron chi connectivity index (χ1n) is 9.44. The number of nitrogens with one attached hydrogen (secondary N) is 1. The van der Waals surface area contributed by atoms with E-state index in [4.69, 9.17) is 5.73 Å². The number of nitrogens with zero attached hydrogens (tertiary/aromatic N) is 2. The molecule has 140 valence electrons. The Morgan fingerprint density at radius 2 is 1.96 bits per heavy atom. The second-order valence-electron chi connectivity index (χ2n) is 8.03. The van der Waals surface area contributed by atoms with E-state index in [1.165, 1.54) is 19.3 Å². The molecular weight excluding hydrogens is 312 g/mol. The summed E-state index contributed by atoms with van der Waals surface area (Å²) in [7, 11) is 0. The lowest BCUT2D eigenvalue weighted by atomic mass is 9.85. The summed E-state index contributed by atoms with van der Waals surface area (Å²) in [5, 5.41) is 3.46. The average Bonchev–Trinajstić information content (AvgIpc) is 3.24. The summed E-state index contributed by atoms with van der Waals surface area (Å²) in [5.41, 5.74) is 8.49. The highest BCUT2D eigenvalue weighted by Gasteiger charge is 2.38. The fourth-order valence-corrected chi connectivity index (χ4v) is 3.29. The number of nitrogens with two attached hydrogens (primary N) is 1. The van der Waals surface area contributed by atoms with Crippen LogP contribution in [0.3, 0.4) is 0 Å². The van der Waals surface area contributed by atoms with Crippen LogP contribution < -0.4 is 11.1 Å². The second-order valence-corrected chi connectivity index (χ2v) is 8.03. The smallest absolute Gasteiger partial charge is 0.254 e. The molecule has 0 radical (unpaired) electrons. The molecule has 0 aromatic heterocycles. The number of amides is 1. The van der Waals surface area contributed by atoms with Crippen molar-refractivity contribution in [1.82, 2.24) is 10.2 Å². The first-order valence-corrected chi connectivity index (χ1v) is 9.44. The van der Waals surface area contributed by atoms with Gasteiger partial charge in [-0.2, -0.15) is 0 Å². The minimum absolute atomic E-state index is 0.0683. The van der Waals surface area contributed by atoms with Crippen molar-refractivity contribution >= 4 is 12.6 Å². The number of rotatable bonds is 9. The lowest BCUT2D eigenvalue weighted by Gasteiger charge is -2.33. The van der Waals surface area contributed by atoms with E-state index < -0.39 is 0 Å². The molecule has 0 unspecified atom stereocenters. The lowest BCUT2D eigenvalue weighted by molar-refractivity contribution is -0.127. The van der Waals surface area contributed by atoms with Crippen LogP contribution in [0.15, 0.2) is 27.5 Å². The van der Waals surface area contributed by atoms with Crippen LogP contribution in [0.5, 0.6) is 0 Å². The van der Waals surface area contributed by atoms with Gasteiger partial charge in [-0.1, -0.05) is 12.0 Å². The summed E-state index contributed by atoms with van der Waals surface area (Å²) < 4.78 is 0. The molecule has 2 fully saturated rings. The summed E-state index contributed by atoms with van der Waals surface area (Å²) in [5.74, 6) is 1.42. The monoisotopic (exact) mass is 346 g/mol. The summed E-state index contributed by atoms with van der Waals surface area (Å²) >= 11 is 0. The van der Waals surface area contributed by atoms with Crippen LogP contribution in [0.2, 0.25) is 0 Å². The number of allylic oxidation sites excluding steroid dienone is 1. The molecule has 0 aromatic carbocycles. The second kappa shape index (κ2) is 8.17. The van der Waals surface area contributed by atoms with Crippen LogP contribution in [0.4, 0.5) is 0 Å².